The van der Waals surface area contributed by atoms with Gasteiger partial charge in [0.25, 0.3) is 0 Å². The fourth-order valence-electron chi connectivity index (χ4n) is 2.84. The van der Waals surface area contributed by atoms with E-state index in [0.717, 1.165) is 38.0 Å². The lowest BCUT2D eigenvalue weighted by Crippen LogP contribution is -2.33. The van der Waals surface area contributed by atoms with E-state index in [1.54, 1.807) is 7.11 Å². The normalized spacial score (nSPS) is 20.6. The molecule has 0 heterocycles. The largest absolute Gasteiger partial charge is 0.497 e. The second kappa shape index (κ2) is 5.83. The number of hydrogen-bond donors (Lipinski definition) is 2. The third kappa shape index (κ3) is 2.96. The van der Waals surface area contributed by atoms with E-state index in [4.69, 9.17) is 4.74 Å². The Bertz CT molecular complexity index is 497. The van der Waals surface area contributed by atoms with Crippen molar-refractivity contribution in [2.75, 3.05) is 20.2 Å². The van der Waals surface area contributed by atoms with Crippen LogP contribution in [0.15, 0.2) is 18.2 Å². The van der Waals surface area contributed by atoms with Crippen molar-refractivity contribution >= 4 is 5.91 Å². The molecule has 0 saturated heterocycles. The third-order valence-electron chi connectivity index (χ3n) is 4.19. The molecule has 1 amide bonds. The number of rotatable bonds is 6. The van der Waals surface area contributed by atoms with Crippen LogP contribution in [0.25, 0.3) is 0 Å². The maximum atomic E-state index is 11.5. The van der Waals surface area contributed by atoms with E-state index in [-0.39, 0.29) is 5.91 Å². The van der Waals surface area contributed by atoms with Gasteiger partial charge in [-0.1, -0.05) is 6.07 Å². The SMILES string of the molecule is COc1ccc2c(c1)C(NCCNC(=O)C1CC1)CC2. The first-order chi connectivity index (χ1) is 9.78. The van der Waals surface area contributed by atoms with Gasteiger partial charge >= 0.3 is 0 Å². The van der Waals surface area contributed by atoms with E-state index in [0.29, 0.717) is 18.5 Å². The van der Waals surface area contributed by atoms with Crippen molar-refractivity contribution < 1.29 is 9.53 Å². The maximum absolute atomic E-state index is 11.5. The summed E-state index contributed by atoms with van der Waals surface area (Å²) >= 11 is 0. The topological polar surface area (TPSA) is 50.4 Å². The molecule has 0 aliphatic heterocycles. The molecule has 108 valence electrons. The molecule has 0 aromatic heterocycles. The average Bonchev–Trinajstić information content (AvgIpc) is 3.25. The van der Waals surface area contributed by atoms with Crippen LogP contribution >= 0.6 is 0 Å². The van der Waals surface area contributed by atoms with Crippen molar-refractivity contribution in [1.29, 1.82) is 0 Å². The Kier molecular flexibility index (Phi) is 3.92. The highest BCUT2D eigenvalue weighted by molar-refractivity contribution is 5.80. The molecule has 0 radical (unpaired) electrons. The lowest BCUT2D eigenvalue weighted by molar-refractivity contribution is -0.122. The molecule has 1 fully saturated rings. The zero-order valence-electron chi connectivity index (χ0n) is 11.9. The molecule has 2 N–H and O–H groups in total. The summed E-state index contributed by atoms with van der Waals surface area (Å²) in [4.78, 5) is 11.5. The second-order valence-electron chi connectivity index (χ2n) is 5.68. The summed E-state index contributed by atoms with van der Waals surface area (Å²) < 4.78 is 5.29. The number of hydrogen-bond acceptors (Lipinski definition) is 3. The maximum Gasteiger partial charge on any atom is 0.223 e. The van der Waals surface area contributed by atoms with Gasteiger partial charge in [-0.2, -0.15) is 0 Å². The molecule has 1 saturated carbocycles. The predicted molar refractivity (Wildman–Crippen MR) is 77.8 cm³/mol. The number of fused-ring (bicyclic) bond motifs is 1. The van der Waals surface area contributed by atoms with Gasteiger partial charge in [-0.05, 0) is 48.9 Å². The first kappa shape index (κ1) is 13.4. The van der Waals surface area contributed by atoms with Crippen molar-refractivity contribution in [3.63, 3.8) is 0 Å². The summed E-state index contributed by atoms with van der Waals surface area (Å²) in [7, 11) is 1.70. The number of methoxy groups -OCH3 is 1. The summed E-state index contributed by atoms with van der Waals surface area (Å²) in [5.74, 6) is 1.44. The van der Waals surface area contributed by atoms with Gasteiger partial charge in [0.1, 0.15) is 5.75 Å². The fraction of sp³-hybridized carbons (Fsp3) is 0.562. The van der Waals surface area contributed by atoms with Gasteiger partial charge in [0.05, 0.1) is 7.11 Å². The Morgan fingerprint density at radius 2 is 2.15 bits per heavy atom. The minimum Gasteiger partial charge on any atom is -0.497 e. The Labute approximate surface area is 119 Å². The van der Waals surface area contributed by atoms with E-state index in [9.17, 15) is 4.79 Å². The number of nitrogens with one attached hydrogen (secondary N) is 2. The smallest absolute Gasteiger partial charge is 0.223 e. The lowest BCUT2D eigenvalue weighted by Gasteiger charge is -2.15. The number of amides is 1. The molecule has 3 rings (SSSR count). The third-order valence-corrected chi connectivity index (χ3v) is 4.19. The standard InChI is InChI=1S/C16H22N2O2/c1-20-13-6-4-11-5-7-15(14(11)10-13)17-8-9-18-16(19)12-2-3-12/h4,6,10,12,15,17H,2-3,5,7-9H2,1H3,(H,18,19). The first-order valence-electron chi connectivity index (χ1n) is 7.46. The molecule has 4 nitrogen and oxygen atoms in total. The minimum absolute atomic E-state index is 0.222. The van der Waals surface area contributed by atoms with Gasteiger partial charge in [0, 0.05) is 25.0 Å². The molecular weight excluding hydrogens is 252 g/mol. The van der Waals surface area contributed by atoms with Crippen LogP contribution in [0.5, 0.6) is 5.75 Å². The highest BCUT2D eigenvalue weighted by atomic mass is 16.5. The summed E-state index contributed by atoms with van der Waals surface area (Å²) in [6.45, 7) is 1.53. The van der Waals surface area contributed by atoms with Gasteiger partial charge < -0.3 is 15.4 Å². The lowest BCUT2D eigenvalue weighted by atomic mass is 10.1. The number of ether oxygens (including phenoxy) is 1. The monoisotopic (exact) mass is 274 g/mol. The molecule has 0 bridgehead atoms. The van der Waals surface area contributed by atoms with Gasteiger partial charge in [0.2, 0.25) is 5.91 Å². The summed E-state index contributed by atoms with van der Waals surface area (Å²) in [5, 5.41) is 6.52. The molecule has 1 atom stereocenters. The molecule has 2 aliphatic carbocycles. The van der Waals surface area contributed by atoms with Crippen LogP contribution < -0.4 is 15.4 Å². The molecule has 4 heteroatoms. The zero-order chi connectivity index (χ0) is 13.9. The Balaban J connectivity index is 1.48. The van der Waals surface area contributed by atoms with Crippen LogP contribution in [-0.4, -0.2) is 26.1 Å². The van der Waals surface area contributed by atoms with E-state index < -0.39 is 0 Å². The van der Waals surface area contributed by atoms with Crippen LogP contribution in [0.4, 0.5) is 0 Å². The fourth-order valence-corrected chi connectivity index (χ4v) is 2.84. The highest BCUT2D eigenvalue weighted by Gasteiger charge is 2.29. The second-order valence-corrected chi connectivity index (χ2v) is 5.68. The molecular formula is C16H22N2O2. The molecule has 1 aromatic carbocycles. The van der Waals surface area contributed by atoms with Crippen LogP contribution in [0.3, 0.4) is 0 Å². The molecule has 1 unspecified atom stereocenters. The van der Waals surface area contributed by atoms with E-state index in [1.165, 1.54) is 11.1 Å². The van der Waals surface area contributed by atoms with Crippen LogP contribution in [0.1, 0.15) is 36.4 Å². The number of carbonyl (C=O) groups is 1. The van der Waals surface area contributed by atoms with E-state index in [2.05, 4.69) is 22.8 Å². The van der Waals surface area contributed by atoms with Gasteiger partial charge in [-0.3, -0.25) is 4.79 Å². The van der Waals surface area contributed by atoms with Gasteiger partial charge in [-0.25, -0.2) is 0 Å². The van der Waals surface area contributed by atoms with Crippen LogP contribution in [-0.2, 0) is 11.2 Å². The van der Waals surface area contributed by atoms with Crippen LogP contribution in [0, 0.1) is 5.92 Å². The number of aryl methyl sites for hydroxylation is 1. The van der Waals surface area contributed by atoms with E-state index in [1.807, 2.05) is 6.07 Å². The van der Waals surface area contributed by atoms with Crippen molar-refractivity contribution in [2.24, 2.45) is 5.92 Å². The van der Waals surface area contributed by atoms with Crippen molar-refractivity contribution in [1.82, 2.24) is 10.6 Å². The minimum atomic E-state index is 0.222. The zero-order valence-corrected chi connectivity index (χ0v) is 11.9. The average molecular weight is 274 g/mol. The van der Waals surface area contributed by atoms with Crippen molar-refractivity contribution in [2.45, 2.75) is 31.7 Å². The van der Waals surface area contributed by atoms with Crippen molar-refractivity contribution in [3.8, 4) is 5.75 Å². The Morgan fingerprint density at radius 1 is 1.30 bits per heavy atom. The Morgan fingerprint density at radius 3 is 2.90 bits per heavy atom. The summed E-state index contributed by atoms with van der Waals surface area (Å²) in [5.41, 5.74) is 2.75. The molecule has 2 aliphatic rings. The first-order valence-corrected chi connectivity index (χ1v) is 7.46. The number of carbonyl (C=O) groups excluding carboxylic acids is 1. The number of benzene rings is 1. The highest BCUT2D eigenvalue weighted by Crippen LogP contribution is 2.33. The molecule has 1 aromatic rings. The van der Waals surface area contributed by atoms with Crippen LogP contribution in [0.2, 0.25) is 0 Å². The quantitative estimate of drug-likeness (QED) is 0.778. The van der Waals surface area contributed by atoms with Gasteiger partial charge in [-0.15, -0.1) is 0 Å². The van der Waals surface area contributed by atoms with Gasteiger partial charge in [0.15, 0.2) is 0 Å². The summed E-state index contributed by atoms with van der Waals surface area (Å²) in [6, 6.07) is 6.70. The van der Waals surface area contributed by atoms with E-state index >= 15 is 0 Å². The molecule has 0 spiro atoms. The predicted octanol–water partition coefficient (Wildman–Crippen LogP) is 1.80. The Hall–Kier alpha value is -1.55. The van der Waals surface area contributed by atoms with Crippen molar-refractivity contribution in [3.05, 3.63) is 29.3 Å². The summed E-state index contributed by atoms with van der Waals surface area (Å²) in [6.07, 6.45) is 4.37. The molecule has 20 heavy (non-hydrogen) atoms.